The summed E-state index contributed by atoms with van der Waals surface area (Å²) in [5.41, 5.74) is 2.75. The number of aryl methyl sites for hydroxylation is 1. The predicted octanol–water partition coefficient (Wildman–Crippen LogP) is 2.80. The minimum absolute atomic E-state index is 0.180. The van der Waals surface area contributed by atoms with Gasteiger partial charge in [0, 0.05) is 17.4 Å². The fraction of sp³-hybridized carbons (Fsp3) is 0.353. The average molecular weight is 331 g/mol. The molecule has 7 nitrogen and oxygen atoms in total. The SMILES string of the molecule is Cc1cc(OCC(=O)O)ccc1NC(=O)c1cnn(C(C)C)c1C. The molecule has 24 heavy (non-hydrogen) atoms. The highest BCUT2D eigenvalue weighted by atomic mass is 16.5. The molecule has 0 saturated carbocycles. The zero-order chi connectivity index (χ0) is 17.9. The lowest BCUT2D eigenvalue weighted by molar-refractivity contribution is -0.139. The maximum absolute atomic E-state index is 12.4. The first-order valence-electron chi connectivity index (χ1n) is 7.60. The van der Waals surface area contributed by atoms with Crippen LogP contribution in [-0.4, -0.2) is 33.4 Å². The molecule has 1 aromatic heterocycles. The lowest BCUT2D eigenvalue weighted by Gasteiger charge is -2.11. The summed E-state index contributed by atoms with van der Waals surface area (Å²) >= 11 is 0. The van der Waals surface area contributed by atoms with Gasteiger partial charge in [-0.25, -0.2) is 4.79 Å². The van der Waals surface area contributed by atoms with Crippen molar-refractivity contribution < 1.29 is 19.4 Å². The Morgan fingerprint density at radius 3 is 2.58 bits per heavy atom. The topological polar surface area (TPSA) is 93.4 Å². The molecule has 0 aliphatic carbocycles. The third-order valence-electron chi connectivity index (χ3n) is 3.59. The molecule has 2 aromatic rings. The Morgan fingerprint density at radius 2 is 2.04 bits per heavy atom. The van der Waals surface area contributed by atoms with Crippen molar-refractivity contribution in [2.75, 3.05) is 11.9 Å². The van der Waals surface area contributed by atoms with E-state index in [0.717, 1.165) is 11.3 Å². The van der Waals surface area contributed by atoms with Crippen LogP contribution in [-0.2, 0) is 4.79 Å². The van der Waals surface area contributed by atoms with Crippen LogP contribution in [0, 0.1) is 13.8 Å². The van der Waals surface area contributed by atoms with E-state index >= 15 is 0 Å². The number of nitrogens with zero attached hydrogens (tertiary/aromatic N) is 2. The fourth-order valence-corrected chi connectivity index (χ4v) is 2.37. The highest BCUT2D eigenvalue weighted by Crippen LogP contribution is 2.22. The van der Waals surface area contributed by atoms with Gasteiger partial charge in [-0.1, -0.05) is 0 Å². The minimum Gasteiger partial charge on any atom is -0.482 e. The van der Waals surface area contributed by atoms with Gasteiger partial charge in [-0.15, -0.1) is 0 Å². The van der Waals surface area contributed by atoms with Crippen molar-refractivity contribution in [3.8, 4) is 5.75 Å². The molecule has 1 amide bonds. The monoisotopic (exact) mass is 331 g/mol. The van der Waals surface area contributed by atoms with Crippen molar-refractivity contribution in [3.63, 3.8) is 0 Å². The van der Waals surface area contributed by atoms with Gasteiger partial charge in [0.25, 0.3) is 5.91 Å². The van der Waals surface area contributed by atoms with Gasteiger partial charge in [0.15, 0.2) is 6.61 Å². The lowest BCUT2D eigenvalue weighted by Crippen LogP contribution is -2.15. The van der Waals surface area contributed by atoms with E-state index < -0.39 is 12.6 Å². The van der Waals surface area contributed by atoms with Crippen molar-refractivity contribution in [1.29, 1.82) is 0 Å². The van der Waals surface area contributed by atoms with Gasteiger partial charge in [0.05, 0.1) is 11.8 Å². The molecule has 0 atom stereocenters. The van der Waals surface area contributed by atoms with Crippen LogP contribution >= 0.6 is 0 Å². The number of rotatable bonds is 6. The molecule has 0 radical (unpaired) electrons. The normalized spacial score (nSPS) is 10.7. The molecule has 0 fully saturated rings. The molecule has 0 bridgehead atoms. The molecule has 1 aromatic carbocycles. The number of carboxylic acid groups (broad SMARTS) is 1. The number of aliphatic carboxylic acids is 1. The van der Waals surface area contributed by atoms with Gasteiger partial charge in [-0.3, -0.25) is 9.48 Å². The first-order valence-corrected chi connectivity index (χ1v) is 7.60. The maximum Gasteiger partial charge on any atom is 0.341 e. The molecule has 7 heteroatoms. The van der Waals surface area contributed by atoms with E-state index in [2.05, 4.69) is 10.4 Å². The van der Waals surface area contributed by atoms with E-state index in [1.165, 1.54) is 0 Å². The van der Waals surface area contributed by atoms with Crippen LogP contribution in [0.4, 0.5) is 5.69 Å². The largest absolute Gasteiger partial charge is 0.482 e. The number of carbonyl (C=O) groups is 2. The van der Waals surface area contributed by atoms with Gasteiger partial charge in [-0.2, -0.15) is 5.10 Å². The number of amides is 1. The van der Waals surface area contributed by atoms with Crippen molar-refractivity contribution in [3.05, 3.63) is 41.2 Å². The number of ether oxygens (including phenoxy) is 1. The molecular formula is C17H21N3O4. The molecule has 0 saturated heterocycles. The third-order valence-corrected chi connectivity index (χ3v) is 3.59. The number of carboxylic acids is 1. The highest BCUT2D eigenvalue weighted by Gasteiger charge is 2.16. The number of hydrogen-bond acceptors (Lipinski definition) is 4. The number of carbonyl (C=O) groups excluding carboxylic acids is 1. The van der Waals surface area contributed by atoms with Gasteiger partial charge >= 0.3 is 5.97 Å². The molecule has 128 valence electrons. The zero-order valence-electron chi connectivity index (χ0n) is 14.2. The van der Waals surface area contributed by atoms with Crippen LogP contribution < -0.4 is 10.1 Å². The Balaban J connectivity index is 2.13. The van der Waals surface area contributed by atoms with E-state index in [-0.39, 0.29) is 11.9 Å². The maximum atomic E-state index is 12.4. The molecule has 0 aliphatic heterocycles. The van der Waals surface area contributed by atoms with Crippen LogP contribution in [0.2, 0.25) is 0 Å². The van der Waals surface area contributed by atoms with Crippen LogP contribution in [0.15, 0.2) is 24.4 Å². The number of benzene rings is 1. The van der Waals surface area contributed by atoms with Gasteiger partial charge in [0.1, 0.15) is 5.75 Å². The summed E-state index contributed by atoms with van der Waals surface area (Å²) in [6, 6.07) is 5.17. The van der Waals surface area contributed by atoms with E-state index in [1.807, 2.05) is 27.7 Å². The van der Waals surface area contributed by atoms with Crippen molar-refractivity contribution in [2.24, 2.45) is 0 Å². The summed E-state index contributed by atoms with van der Waals surface area (Å²) in [4.78, 5) is 23.0. The van der Waals surface area contributed by atoms with E-state index in [0.29, 0.717) is 17.0 Å². The fourth-order valence-electron chi connectivity index (χ4n) is 2.37. The summed E-state index contributed by atoms with van der Waals surface area (Å²) in [5, 5.41) is 15.7. The Morgan fingerprint density at radius 1 is 1.33 bits per heavy atom. The average Bonchev–Trinajstić information content (AvgIpc) is 2.89. The third kappa shape index (κ3) is 3.92. The van der Waals surface area contributed by atoms with E-state index in [4.69, 9.17) is 9.84 Å². The smallest absolute Gasteiger partial charge is 0.341 e. The van der Waals surface area contributed by atoms with Crippen LogP contribution in [0.3, 0.4) is 0 Å². The first-order chi connectivity index (χ1) is 11.3. The van der Waals surface area contributed by atoms with Crippen LogP contribution in [0.1, 0.15) is 41.5 Å². The molecule has 0 spiro atoms. The lowest BCUT2D eigenvalue weighted by atomic mass is 10.1. The van der Waals surface area contributed by atoms with E-state index in [9.17, 15) is 9.59 Å². The highest BCUT2D eigenvalue weighted by molar-refractivity contribution is 6.05. The Bertz CT molecular complexity index is 765. The van der Waals surface area contributed by atoms with Gasteiger partial charge < -0.3 is 15.2 Å². The summed E-state index contributed by atoms with van der Waals surface area (Å²) in [5.74, 6) is -0.832. The molecule has 1 heterocycles. The van der Waals surface area contributed by atoms with E-state index in [1.54, 1.807) is 29.1 Å². The Kier molecular flexibility index (Phi) is 5.23. The molecular weight excluding hydrogens is 310 g/mol. The van der Waals surface area contributed by atoms with Crippen molar-refractivity contribution in [2.45, 2.75) is 33.7 Å². The number of nitrogens with one attached hydrogen (secondary N) is 1. The van der Waals surface area contributed by atoms with Crippen molar-refractivity contribution >= 4 is 17.6 Å². The van der Waals surface area contributed by atoms with Gasteiger partial charge in [-0.05, 0) is 51.5 Å². The van der Waals surface area contributed by atoms with Gasteiger partial charge in [0.2, 0.25) is 0 Å². The Labute approximate surface area is 140 Å². The summed E-state index contributed by atoms with van der Waals surface area (Å²) < 4.78 is 6.91. The zero-order valence-corrected chi connectivity index (χ0v) is 14.2. The van der Waals surface area contributed by atoms with Crippen LogP contribution in [0.5, 0.6) is 5.75 Å². The number of aromatic nitrogens is 2. The molecule has 0 unspecified atom stereocenters. The summed E-state index contributed by atoms with van der Waals surface area (Å²) in [6.07, 6.45) is 1.56. The second-order valence-electron chi connectivity index (χ2n) is 5.80. The Hall–Kier alpha value is -2.83. The molecule has 2 N–H and O–H groups in total. The standard InChI is InChI=1S/C17H21N3O4/c1-10(2)20-12(4)14(8-18-20)17(23)19-15-6-5-13(7-11(15)3)24-9-16(21)22/h5-8,10H,9H2,1-4H3,(H,19,23)(H,21,22). The first kappa shape index (κ1) is 17.5. The molecule has 2 rings (SSSR count). The number of anilines is 1. The predicted molar refractivity (Wildman–Crippen MR) is 89.6 cm³/mol. The second-order valence-corrected chi connectivity index (χ2v) is 5.80. The van der Waals surface area contributed by atoms with Crippen molar-refractivity contribution in [1.82, 2.24) is 9.78 Å². The minimum atomic E-state index is -1.04. The van der Waals surface area contributed by atoms with Crippen LogP contribution in [0.25, 0.3) is 0 Å². The number of hydrogen-bond donors (Lipinski definition) is 2. The second kappa shape index (κ2) is 7.16. The summed E-state index contributed by atoms with van der Waals surface area (Å²) in [6.45, 7) is 7.27. The summed E-state index contributed by atoms with van der Waals surface area (Å²) in [7, 11) is 0. The quantitative estimate of drug-likeness (QED) is 0.849. The molecule has 0 aliphatic rings.